The highest BCUT2D eigenvalue weighted by Gasteiger charge is 2.04. The third kappa shape index (κ3) is 4.39. The third-order valence-corrected chi connectivity index (χ3v) is 3.41. The topological polar surface area (TPSA) is 18.5 Å². The Balaban J connectivity index is 1.79. The second-order valence-electron chi connectivity index (χ2n) is 4.05. The van der Waals surface area contributed by atoms with E-state index in [0.29, 0.717) is 6.61 Å². The van der Waals surface area contributed by atoms with Crippen LogP contribution in [0.2, 0.25) is 0 Å². The number of rotatable bonds is 6. The summed E-state index contributed by atoms with van der Waals surface area (Å²) >= 11 is 8.97. The zero-order chi connectivity index (χ0) is 14.4. The van der Waals surface area contributed by atoms with Crippen molar-refractivity contribution in [2.24, 2.45) is 0 Å². The van der Waals surface area contributed by atoms with Gasteiger partial charge >= 0.3 is 0 Å². The molecule has 0 aliphatic heterocycles. The van der Waals surface area contributed by atoms with Crippen molar-refractivity contribution in [3.8, 4) is 11.5 Å². The van der Waals surface area contributed by atoms with Crippen molar-refractivity contribution >= 4 is 27.5 Å². The molecule has 0 radical (unpaired) electrons. The molecule has 0 fully saturated rings. The van der Waals surface area contributed by atoms with E-state index in [-0.39, 0.29) is 18.2 Å². The zero-order valence-corrected chi connectivity index (χ0v) is 13.0. The van der Waals surface area contributed by atoms with Gasteiger partial charge in [0.05, 0.1) is 0 Å². The maximum atomic E-state index is 13.6. The first kappa shape index (κ1) is 15.1. The van der Waals surface area contributed by atoms with Crippen molar-refractivity contribution in [2.45, 2.75) is 5.88 Å². The molecule has 0 unspecified atom stereocenters. The molecule has 0 N–H and O–H groups in total. The maximum Gasteiger partial charge on any atom is 0.165 e. The van der Waals surface area contributed by atoms with Crippen LogP contribution in [0.5, 0.6) is 11.5 Å². The molecule has 2 rings (SSSR count). The molecule has 2 aromatic rings. The Morgan fingerprint density at radius 2 is 1.70 bits per heavy atom. The van der Waals surface area contributed by atoms with E-state index in [1.807, 2.05) is 24.3 Å². The quantitative estimate of drug-likeness (QED) is 0.545. The van der Waals surface area contributed by atoms with Crippen LogP contribution < -0.4 is 9.47 Å². The smallest absolute Gasteiger partial charge is 0.165 e. The predicted molar refractivity (Wildman–Crippen MR) is 81.1 cm³/mol. The summed E-state index contributed by atoms with van der Waals surface area (Å²) in [6.45, 7) is 0.617. The fourth-order valence-electron chi connectivity index (χ4n) is 1.59. The fourth-order valence-corrected chi connectivity index (χ4v) is 2.02. The van der Waals surface area contributed by atoms with Gasteiger partial charge in [0, 0.05) is 10.4 Å². The van der Waals surface area contributed by atoms with Gasteiger partial charge in [-0.15, -0.1) is 11.6 Å². The van der Waals surface area contributed by atoms with E-state index in [9.17, 15) is 4.39 Å². The number of alkyl halides is 1. The molecule has 2 aromatic carbocycles. The van der Waals surface area contributed by atoms with Crippen molar-refractivity contribution in [3.63, 3.8) is 0 Å². The van der Waals surface area contributed by atoms with Gasteiger partial charge in [0.25, 0.3) is 0 Å². The number of ether oxygens (including phenoxy) is 2. The summed E-state index contributed by atoms with van der Waals surface area (Å²) in [6, 6.07) is 12.2. The molecule has 0 aromatic heterocycles. The molecule has 0 atom stereocenters. The molecule has 20 heavy (non-hydrogen) atoms. The molecule has 0 bridgehead atoms. The van der Waals surface area contributed by atoms with Gasteiger partial charge in [-0.25, -0.2) is 4.39 Å². The van der Waals surface area contributed by atoms with Crippen LogP contribution in [0.3, 0.4) is 0 Å². The van der Waals surface area contributed by atoms with E-state index in [0.717, 1.165) is 15.8 Å². The Labute approximate surface area is 130 Å². The van der Waals surface area contributed by atoms with Crippen molar-refractivity contribution in [2.75, 3.05) is 13.2 Å². The normalized spacial score (nSPS) is 10.3. The average molecular weight is 360 g/mol. The highest BCUT2D eigenvalue weighted by Crippen LogP contribution is 2.19. The van der Waals surface area contributed by atoms with Crippen LogP contribution in [0.1, 0.15) is 5.56 Å². The van der Waals surface area contributed by atoms with Crippen LogP contribution >= 0.6 is 27.5 Å². The maximum absolute atomic E-state index is 13.6. The molecule has 0 spiro atoms. The SMILES string of the molecule is Fc1cc(CCl)ccc1OCCOc1ccc(Br)cc1. The molecule has 2 nitrogen and oxygen atoms in total. The number of benzene rings is 2. The summed E-state index contributed by atoms with van der Waals surface area (Å²) in [5, 5.41) is 0. The molecular formula is C15H13BrClFO2. The molecule has 0 saturated carbocycles. The lowest BCUT2D eigenvalue weighted by Gasteiger charge is -2.09. The van der Waals surface area contributed by atoms with Crippen molar-refractivity contribution in [3.05, 3.63) is 58.3 Å². The van der Waals surface area contributed by atoms with Crippen LogP contribution in [0.4, 0.5) is 4.39 Å². The lowest BCUT2D eigenvalue weighted by Crippen LogP contribution is -2.09. The molecule has 5 heteroatoms. The van der Waals surface area contributed by atoms with Gasteiger partial charge in [-0.3, -0.25) is 0 Å². The van der Waals surface area contributed by atoms with Crippen LogP contribution in [-0.2, 0) is 5.88 Å². The largest absolute Gasteiger partial charge is 0.490 e. The standard InChI is InChI=1S/C15H13BrClFO2/c16-12-2-4-13(5-3-12)19-7-8-20-15-6-1-11(10-17)9-14(15)18/h1-6,9H,7-8,10H2. The van der Waals surface area contributed by atoms with Gasteiger partial charge in [-0.1, -0.05) is 22.0 Å². The first-order valence-corrected chi connectivity index (χ1v) is 7.37. The summed E-state index contributed by atoms with van der Waals surface area (Å²) in [5.74, 6) is 0.823. The van der Waals surface area contributed by atoms with E-state index in [4.69, 9.17) is 21.1 Å². The van der Waals surface area contributed by atoms with E-state index < -0.39 is 5.82 Å². The highest BCUT2D eigenvalue weighted by atomic mass is 79.9. The summed E-state index contributed by atoms with van der Waals surface area (Å²) in [6.07, 6.45) is 0. The first-order valence-electron chi connectivity index (χ1n) is 6.04. The molecule has 0 amide bonds. The van der Waals surface area contributed by atoms with Gasteiger partial charge in [-0.05, 0) is 42.0 Å². The summed E-state index contributed by atoms with van der Waals surface area (Å²) < 4.78 is 25.4. The predicted octanol–water partition coefficient (Wildman–Crippen LogP) is 4.78. The van der Waals surface area contributed by atoms with Gasteiger partial charge < -0.3 is 9.47 Å². The summed E-state index contributed by atoms with van der Waals surface area (Å²) in [5.41, 5.74) is 0.725. The number of halogens is 3. The Kier molecular flexibility index (Phi) is 5.68. The fraction of sp³-hybridized carbons (Fsp3) is 0.200. The summed E-state index contributed by atoms with van der Waals surface area (Å²) in [7, 11) is 0. The molecule has 0 saturated heterocycles. The van der Waals surface area contributed by atoms with Crippen LogP contribution in [0.15, 0.2) is 46.9 Å². The average Bonchev–Trinajstić information content (AvgIpc) is 2.46. The molecule has 0 aliphatic carbocycles. The Morgan fingerprint density at radius 1 is 1.00 bits per heavy atom. The number of hydrogen-bond donors (Lipinski definition) is 0. The monoisotopic (exact) mass is 358 g/mol. The van der Waals surface area contributed by atoms with E-state index in [1.165, 1.54) is 6.07 Å². The van der Waals surface area contributed by atoms with E-state index >= 15 is 0 Å². The minimum Gasteiger partial charge on any atom is -0.490 e. The Morgan fingerprint density at radius 3 is 2.35 bits per heavy atom. The molecule has 0 heterocycles. The first-order chi connectivity index (χ1) is 9.69. The van der Waals surface area contributed by atoms with Crippen LogP contribution in [-0.4, -0.2) is 13.2 Å². The van der Waals surface area contributed by atoms with Crippen molar-refractivity contribution in [1.29, 1.82) is 0 Å². The van der Waals surface area contributed by atoms with Gasteiger partial charge in [0.2, 0.25) is 0 Å². The molecule has 0 aliphatic rings. The lowest BCUT2D eigenvalue weighted by molar-refractivity contribution is 0.211. The minimum absolute atomic E-state index is 0.207. The van der Waals surface area contributed by atoms with E-state index in [2.05, 4.69) is 15.9 Å². The van der Waals surface area contributed by atoms with Gasteiger partial charge in [0.1, 0.15) is 19.0 Å². The van der Waals surface area contributed by atoms with Gasteiger partial charge in [-0.2, -0.15) is 0 Å². The highest BCUT2D eigenvalue weighted by molar-refractivity contribution is 9.10. The Bertz CT molecular complexity index is 560. The lowest BCUT2D eigenvalue weighted by atomic mass is 10.2. The minimum atomic E-state index is -0.410. The number of hydrogen-bond acceptors (Lipinski definition) is 2. The van der Waals surface area contributed by atoms with Crippen LogP contribution in [0.25, 0.3) is 0 Å². The molecule has 106 valence electrons. The molecular weight excluding hydrogens is 347 g/mol. The zero-order valence-electron chi connectivity index (χ0n) is 10.6. The second-order valence-corrected chi connectivity index (χ2v) is 5.23. The third-order valence-electron chi connectivity index (χ3n) is 2.57. The van der Waals surface area contributed by atoms with Crippen LogP contribution in [0, 0.1) is 5.82 Å². The second kappa shape index (κ2) is 7.50. The van der Waals surface area contributed by atoms with Crippen molar-refractivity contribution in [1.82, 2.24) is 0 Å². The Hall–Kier alpha value is -1.26. The van der Waals surface area contributed by atoms with E-state index in [1.54, 1.807) is 12.1 Å². The van der Waals surface area contributed by atoms with Gasteiger partial charge in [0.15, 0.2) is 11.6 Å². The van der Waals surface area contributed by atoms with Crippen molar-refractivity contribution < 1.29 is 13.9 Å². The summed E-state index contributed by atoms with van der Waals surface area (Å²) in [4.78, 5) is 0.